The van der Waals surface area contributed by atoms with Crippen LogP contribution in [0, 0.1) is 0 Å². The summed E-state index contributed by atoms with van der Waals surface area (Å²) in [6.45, 7) is 2.66. The molecule has 0 spiro atoms. The Morgan fingerprint density at radius 2 is 1.76 bits per heavy atom. The predicted octanol–water partition coefficient (Wildman–Crippen LogP) is 4.26. The number of ether oxygens (including phenoxy) is 1. The highest BCUT2D eigenvalue weighted by atomic mass is 79.9. The van der Waals surface area contributed by atoms with Gasteiger partial charge in [0, 0.05) is 5.33 Å². The van der Waals surface area contributed by atoms with Crippen molar-refractivity contribution < 1.29 is 17.9 Å². The van der Waals surface area contributed by atoms with Crippen LogP contribution in [-0.2, 0) is 10.3 Å². The molecule has 0 aliphatic heterocycles. The average molecular weight is 311 g/mol. The molecule has 0 aliphatic rings. The minimum Gasteiger partial charge on any atom is -0.357 e. The lowest BCUT2D eigenvalue weighted by atomic mass is 9.98. The molecular formula is C12H14BrF3O. The summed E-state index contributed by atoms with van der Waals surface area (Å²) in [5.41, 5.74) is -0.274. The normalized spacial score (nSPS) is 17.5. The van der Waals surface area contributed by atoms with Gasteiger partial charge in [0.15, 0.2) is 6.10 Å². The highest BCUT2D eigenvalue weighted by molar-refractivity contribution is 9.09. The summed E-state index contributed by atoms with van der Waals surface area (Å²) in [6.07, 6.45) is -6.15. The van der Waals surface area contributed by atoms with Gasteiger partial charge >= 0.3 is 6.18 Å². The Kier molecular flexibility index (Phi) is 4.61. The minimum atomic E-state index is -4.35. The van der Waals surface area contributed by atoms with Crippen molar-refractivity contribution in [2.24, 2.45) is 0 Å². The van der Waals surface area contributed by atoms with Crippen LogP contribution in [-0.4, -0.2) is 17.6 Å². The van der Waals surface area contributed by atoms with Crippen LogP contribution in [0.3, 0.4) is 0 Å². The molecule has 0 saturated carbocycles. The molecule has 0 N–H and O–H groups in total. The standard InChI is InChI=1S/C12H14BrF3O/c1-9(12(14,15)16)17-11(2,8-13)10-6-4-3-5-7-10/h3-7,9H,8H2,1-2H3. The molecule has 2 atom stereocenters. The monoisotopic (exact) mass is 310 g/mol. The minimum absolute atomic E-state index is 0.296. The Balaban J connectivity index is 2.91. The lowest BCUT2D eigenvalue weighted by Crippen LogP contribution is -2.38. The van der Waals surface area contributed by atoms with Crippen molar-refractivity contribution in [2.45, 2.75) is 31.7 Å². The van der Waals surface area contributed by atoms with Crippen LogP contribution in [0.2, 0.25) is 0 Å². The van der Waals surface area contributed by atoms with Crippen LogP contribution in [0.5, 0.6) is 0 Å². The zero-order valence-corrected chi connectivity index (χ0v) is 11.2. The summed E-state index contributed by atoms with van der Waals surface area (Å²) >= 11 is 3.21. The maximum atomic E-state index is 12.5. The van der Waals surface area contributed by atoms with Crippen LogP contribution < -0.4 is 0 Å². The van der Waals surface area contributed by atoms with E-state index in [9.17, 15) is 13.2 Å². The van der Waals surface area contributed by atoms with Gasteiger partial charge in [0.05, 0.1) is 0 Å². The van der Waals surface area contributed by atoms with Crippen molar-refractivity contribution in [3.63, 3.8) is 0 Å². The Labute approximate surface area is 107 Å². The molecule has 5 heteroatoms. The largest absolute Gasteiger partial charge is 0.414 e. The molecule has 1 rings (SSSR count). The molecule has 0 aliphatic carbocycles. The maximum Gasteiger partial charge on any atom is 0.414 e. The fourth-order valence-electron chi connectivity index (χ4n) is 1.42. The molecule has 0 fully saturated rings. The lowest BCUT2D eigenvalue weighted by molar-refractivity contribution is -0.243. The number of alkyl halides is 4. The summed E-state index contributed by atoms with van der Waals surface area (Å²) in [5, 5.41) is 0.296. The molecule has 0 radical (unpaired) electrons. The van der Waals surface area contributed by atoms with Crippen molar-refractivity contribution >= 4 is 15.9 Å². The Morgan fingerprint density at radius 1 is 1.24 bits per heavy atom. The van der Waals surface area contributed by atoms with Gasteiger partial charge in [0.25, 0.3) is 0 Å². The topological polar surface area (TPSA) is 9.23 Å². The van der Waals surface area contributed by atoms with Gasteiger partial charge in [-0.25, -0.2) is 0 Å². The van der Waals surface area contributed by atoms with Crippen molar-refractivity contribution in [1.29, 1.82) is 0 Å². The summed E-state index contributed by atoms with van der Waals surface area (Å²) in [5.74, 6) is 0. The number of rotatable bonds is 4. The first-order valence-electron chi connectivity index (χ1n) is 5.15. The van der Waals surface area contributed by atoms with E-state index in [-0.39, 0.29) is 0 Å². The summed E-state index contributed by atoms with van der Waals surface area (Å²) in [7, 11) is 0. The molecular weight excluding hydrogens is 297 g/mol. The van der Waals surface area contributed by atoms with Gasteiger partial charge in [0.1, 0.15) is 5.60 Å². The van der Waals surface area contributed by atoms with Crippen LogP contribution in [0.4, 0.5) is 13.2 Å². The van der Waals surface area contributed by atoms with E-state index in [0.29, 0.717) is 10.9 Å². The van der Waals surface area contributed by atoms with Gasteiger partial charge in [-0.15, -0.1) is 0 Å². The second-order valence-corrected chi connectivity index (χ2v) is 4.59. The molecule has 0 heterocycles. The van der Waals surface area contributed by atoms with Crippen LogP contribution in [0.25, 0.3) is 0 Å². The van der Waals surface area contributed by atoms with E-state index in [0.717, 1.165) is 6.92 Å². The first-order chi connectivity index (χ1) is 7.79. The van der Waals surface area contributed by atoms with Gasteiger partial charge in [-0.3, -0.25) is 0 Å². The van der Waals surface area contributed by atoms with E-state index in [1.165, 1.54) is 0 Å². The second-order valence-electron chi connectivity index (χ2n) is 4.03. The third kappa shape index (κ3) is 3.71. The van der Waals surface area contributed by atoms with Gasteiger partial charge in [-0.2, -0.15) is 13.2 Å². The van der Waals surface area contributed by atoms with Crippen LogP contribution in [0.1, 0.15) is 19.4 Å². The van der Waals surface area contributed by atoms with E-state index in [4.69, 9.17) is 4.74 Å². The molecule has 1 aromatic carbocycles. The third-order valence-corrected chi connectivity index (χ3v) is 3.61. The van der Waals surface area contributed by atoms with Gasteiger partial charge < -0.3 is 4.74 Å². The maximum absolute atomic E-state index is 12.5. The lowest BCUT2D eigenvalue weighted by Gasteiger charge is -2.32. The van der Waals surface area contributed by atoms with Crippen LogP contribution in [0.15, 0.2) is 30.3 Å². The molecule has 1 aromatic rings. The van der Waals surface area contributed by atoms with E-state index in [1.54, 1.807) is 31.2 Å². The van der Waals surface area contributed by atoms with Gasteiger partial charge in [0.2, 0.25) is 0 Å². The zero-order chi connectivity index (χ0) is 13.1. The average Bonchev–Trinajstić information content (AvgIpc) is 2.28. The van der Waals surface area contributed by atoms with Crippen molar-refractivity contribution in [3.8, 4) is 0 Å². The Bertz CT molecular complexity index is 353. The highest BCUT2D eigenvalue weighted by Crippen LogP contribution is 2.33. The number of hydrogen-bond acceptors (Lipinski definition) is 1. The fourth-order valence-corrected chi connectivity index (χ4v) is 1.88. The zero-order valence-electron chi connectivity index (χ0n) is 9.59. The van der Waals surface area contributed by atoms with Crippen molar-refractivity contribution in [2.75, 3.05) is 5.33 Å². The number of hydrogen-bond donors (Lipinski definition) is 0. The molecule has 96 valence electrons. The first kappa shape index (κ1) is 14.5. The molecule has 0 amide bonds. The SMILES string of the molecule is CC(OC(C)(CBr)c1ccccc1)C(F)(F)F. The van der Waals surface area contributed by atoms with Crippen molar-refractivity contribution in [3.05, 3.63) is 35.9 Å². The summed E-state index contributed by atoms with van der Waals surface area (Å²) in [6, 6.07) is 8.87. The quantitative estimate of drug-likeness (QED) is 0.755. The smallest absolute Gasteiger partial charge is 0.357 e. The van der Waals surface area contributed by atoms with Crippen molar-refractivity contribution in [1.82, 2.24) is 0 Å². The predicted molar refractivity (Wildman–Crippen MR) is 64.2 cm³/mol. The Hall–Kier alpha value is -0.550. The number of benzene rings is 1. The van der Waals surface area contributed by atoms with E-state index in [1.807, 2.05) is 6.07 Å². The number of halogens is 4. The molecule has 2 unspecified atom stereocenters. The van der Waals surface area contributed by atoms with Gasteiger partial charge in [-0.1, -0.05) is 46.3 Å². The molecule has 0 bridgehead atoms. The Morgan fingerprint density at radius 3 is 2.18 bits per heavy atom. The first-order valence-corrected chi connectivity index (χ1v) is 6.28. The fraction of sp³-hybridized carbons (Fsp3) is 0.500. The summed E-state index contributed by atoms with van der Waals surface area (Å²) < 4.78 is 42.6. The van der Waals surface area contributed by atoms with E-state index >= 15 is 0 Å². The highest BCUT2D eigenvalue weighted by Gasteiger charge is 2.42. The van der Waals surface area contributed by atoms with Gasteiger partial charge in [-0.05, 0) is 19.4 Å². The second kappa shape index (κ2) is 5.40. The molecule has 17 heavy (non-hydrogen) atoms. The summed E-state index contributed by atoms with van der Waals surface area (Å²) in [4.78, 5) is 0. The van der Waals surface area contributed by atoms with Crippen LogP contribution >= 0.6 is 15.9 Å². The molecule has 0 saturated heterocycles. The van der Waals surface area contributed by atoms with E-state index < -0.39 is 17.9 Å². The third-order valence-electron chi connectivity index (χ3n) is 2.54. The van der Waals surface area contributed by atoms with E-state index in [2.05, 4.69) is 15.9 Å². The molecule has 0 aromatic heterocycles. The molecule has 1 nitrogen and oxygen atoms in total.